The van der Waals surface area contributed by atoms with Gasteiger partial charge in [-0.3, -0.25) is 4.79 Å². The van der Waals surface area contributed by atoms with Crippen LogP contribution in [0.2, 0.25) is 0 Å². The Kier molecular flexibility index (Phi) is 13.0. The first-order valence-corrected chi connectivity index (χ1v) is 15.7. The summed E-state index contributed by atoms with van der Waals surface area (Å²) in [5.74, 6) is -1.94. The third kappa shape index (κ3) is 9.80. The van der Waals surface area contributed by atoms with Crippen molar-refractivity contribution < 1.29 is 33.8 Å². The fourth-order valence-corrected chi connectivity index (χ4v) is 5.51. The van der Waals surface area contributed by atoms with Gasteiger partial charge in [-0.2, -0.15) is 0 Å². The smallest absolute Gasteiger partial charge is 0.407 e. The molecule has 0 saturated heterocycles. The van der Waals surface area contributed by atoms with Gasteiger partial charge in [0, 0.05) is 12.5 Å². The van der Waals surface area contributed by atoms with Crippen LogP contribution >= 0.6 is 0 Å². The molecule has 11 nitrogen and oxygen atoms in total. The first-order valence-electron chi connectivity index (χ1n) is 15.7. The number of hydrogen-bond donors (Lipinski definition) is 5. The Hall–Kier alpha value is -4.90. The van der Waals surface area contributed by atoms with Crippen LogP contribution in [0.1, 0.15) is 61.1 Å². The van der Waals surface area contributed by atoms with E-state index in [-0.39, 0.29) is 32.0 Å². The number of unbranched alkanes of at least 4 members (excludes halogenated alkanes) is 2. The topological polar surface area (TPSA) is 169 Å². The molecule has 0 saturated carbocycles. The number of carboxylic acids is 1. The summed E-state index contributed by atoms with van der Waals surface area (Å²) in [4.78, 5) is 50.1. The second-order valence-corrected chi connectivity index (χ2v) is 11.2. The summed E-state index contributed by atoms with van der Waals surface area (Å²) in [5.41, 5.74) is 10.7. The van der Waals surface area contributed by atoms with Gasteiger partial charge in [0.15, 0.2) is 0 Å². The summed E-state index contributed by atoms with van der Waals surface area (Å²) in [7, 11) is 0. The Bertz CT molecular complexity index is 1420. The highest BCUT2D eigenvalue weighted by atomic mass is 16.6. The van der Waals surface area contributed by atoms with Crippen molar-refractivity contribution >= 4 is 24.1 Å². The van der Waals surface area contributed by atoms with Crippen molar-refractivity contribution in [2.75, 3.05) is 19.7 Å². The van der Waals surface area contributed by atoms with E-state index in [1.807, 2.05) is 78.9 Å². The van der Waals surface area contributed by atoms with Crippen LogP contribution < -0.4 is 21.7 Å². The molecule has 6 N–H and O–H groups in total. The fourth-order valence-electron chi connectivity index (χ4n) is 5.51. The molecule has 0 aliphatic heterocycles. The van der Waals surface area contributed by atoms with Crippen LogP contribution in [0.5, 0.6) is 0 Å². The van der Waals surface area contributed by atoms with Crippen LogP contribution in [0.4, 0.5) is 9.59 Å². The van der Waals surface area contributed by atoms with E-state index in [1.54, 1.807) is 0 Å². The molecule has 1 aliphatic rings. The molecular formula is C35H42N4O7. The second-order valence-electron chi connectivity index (χ2n) is 11.2. The number of amides is 3. The lowest BCUT2D eigenvalue weighted by Gasteiger charge is -2.22. The van der Waals surface area contributed by atoms with E-state index in [2.05, 4.69) is 16.0 Å². The van der Waals surface area contributed by atoms with Crippen LogP contribution in [-0.4, -0.2) is 60.9 Å². The van der Waals surface area contributed by atoms with Crippen LogP contribution in [0.15, 0.2) is 78.9 Å². The minimum atomic E-state index is -1.16. The van der Waals surface area contributed by atoms with Gasteiger partial charge in [0.2, 0.25) is 5.91 Å². The second kappa shape index (κ2) is 17.6. The number of alkyl carbamates (subject to hydrolysis) is 2. The number of carbonyl (C=O) groups is 4. The minimum absolute atomic E-state index is 0.0695. The summed E-state index contributed by atoms with van der Waals surface area (Å²) >= 11 is 0. The number of rotatable bonds is 17. The number of carbonyl (C=O) groups excluding carboxylic acids is 3. The highest BCUT2D eigenvalue weighted by molar-refractivity contribution is 5.89. The van der Waals surface area contributed by atoms with Gasteiger partial charge in [0.25, 0.3) is 0 Å². The number of fused-ring (bicyclic) bond motifs is 3. The molecule has 0 spiro atoms. The Morgan fingerprint density at radius 1 is 0.717 bits per heavy atom. The summed E-state index contributed by atoms with van der Waals surface area (Å²) in [6, 6.07) is 23.1. The molecule has 3 aromatic rings. The van der Waals surface area contributed by atoms with Crippen LogP contribution in [0, 0.1) is 0 Å². The molecule has 0 aromatic heterocycles. The lowest BCUT2D eigenvalue weighted by atomic mass is 9.98. The molecule has 1 aliphatic carbocycles. The van der Waals surface area contributed by atoms with Crippen LogP contribution in [-0.2, 0) is 25.7 Å². The van der Waals surface area contributed by atoms with Gasteiger partial charge < -0.3 is 36.3 Å². The molecule has 244 valence electrons. The van der Waals surface area contributed by atoms with Gasteiger partial charge >= 0.3 is 18.2 Å². The van der Waals surface area contributed by atoms with Crippen molar-refractivity contribution in [3.05, 3.63) is 95.6 Å². The summed E-state index contributed by atoms with van der Waals surface area (Å²) in [5, 5.41) is 17.5. The Morgan fingerprint density at radius 2 is 1.33 bits per heavy atom. The number of nitrogens with two attached hydrogens (primary N) is 1. The molecule has 0 fully saturated rings. The fraction of sp³-hybridized carbons (Fsp3) is 0.371. The highest BCUT2D eigenvalue weighted by Gasteiger charge is 2.30. The van der Waals surface area contributed by atoms with Crippen LogP contribution in [0.3, 0.4) is 0 Å². The summed E-state index contributed by atoms with van der Waals surface area (Å²) in [6.07, 6.45) is 1.18. The summed E-state index contributed by atoms with van der Waals surface area (Å²) in [6.45, 7) is 0.929. The number of hydrogen-bond acceptors (Lipinski definition) is 7. The number of ether oxygens (including phenoxy) is 2. The van der Waals surface area contributed by atoms with E-state index in [0.29, 0.717) is 38.8 Å². The van der Waals surface area contributed by atoms with Gasteiger partial charge in [0.1, 0.15) is 25.3 Å². The number of aliphatic carboxylic acids is 1. The van der Waals surface area contributed by atoms with Crippen molar-refractivity contribution in [2.24, 2.45) is 5.73 Å². The zero-order valence-corrected chi connectivity index (χ0v) is 25.8. The predicted molar refractivity (Wildman–Crippen MR) is 173 cm³/mol. The largest absolute Gasteiger partial charge is 0.480 e. The van der Waals surface area contributed by atoms with Crippen molar-refractivity contribution in [1.29, 1.82) is 0 Å². The molecule has 3 aromatic carbocycles. The first-order chi connectivity index (χ1) is 22.4. The van der Waals surface area contributed by atoms with Gasteiger partial charge in [-0.25, -0.2) is 14.4 Å². The standard InChI is InChI=1S/C35H42N4O7/c36-20-10-8-19-31(33(41)42)38-32(40)30(18-9-11-21-37-34(43)45-22-24-12-2-1-3-13-24)39-35(44)46-23-29-27-16-6-4-14-25(27)26-15-5-7-17-28(26)29/h1-7,12-17,29-31H,8-11,18-23,36H2,(H,37,43)(H,38,40)(H,39,44)(H,41,42)/t30-,31-/m0/s1. The zero-order valence-electron chi connectivity index (χ0n) is 25.8. The van der Waals surface area contributed by atoms with Gasteiger partial charge in [-0.1, -0.05) is 78.9 Å². The zero-order chi connectivity index (χ0) is 32.7. The van der Waals surface area contributed by atoms with Crippen molar-refractivity contribution in [2.45, 2.75) is 63.1 Å². The molecule has 2 atom stereocenters. The molecule has 3 amide bonds. The van der Waals surface area contributed by atoms with E-state index in [0.717, 1.165) is 27.8 Å². The monoisotopic (exact) mass is 630 g/mol. The highest BCUT2D eigenvalue weighted by Crippen LogP contribution is 2.44. The average Bonchev–Trinajstić information content (AvgIpc) is 3.39. The van der Waals surface area contributed by atoms with E-state index >= 15 is 0 Å². The minimum Gasteiger partial charge on any atom is -0.480 e. The molecule has 11 heteroatoms. The lowest BCUT2D eigenvalue weighted by molar-refractivity contribution is -0.142. The Morgan fingerprint density at radius 3 is 1.98 bits per heavy atom. The van der Waals surface area contributed by atoms with E-state index < -0.39 is 36.1 Å². The van der Waals surface area contributed by atoms with Crippen LogP contribution in [0.25, 0.3) is 11.1 Å². The van der Waals surface area contributed by atoms with Crippen molar-refractivity contribution in [1.82, 2.24) is 16.0 Å². The molecule has 0 bridgehead atoms. The maximum Gasteiger partial charge on any atom is 0.407 e. The predicted octanol–water partition coefficient (Wildman–Crippen LogP) is 4.69. The Labute approximate surface area is 268 Å². The molecule has 4 rings (SSSR count). The number of carboxylic acid groups (broad SMARTS) is 1. The van der Waals surface area contributed by atoms with Crippen molar-refractivity contribution in [3.8, 4) is 11.1 Å². The molecule has 0 heterocycles. The van der Waals surface area contributed by atoms with Crippen molar-refractivity contribution in [3.63, 3.8) is 0 Å². The Balaban J connectivity index is 1.31. The SMILES string of the molecule is NCCCC[C@H](NC(=O)[C@H](CCCCNC(=O)OCc1ccccc1)NC(=O)OCC1c2ccccc2-c2ccccc21)C(=O)O. The van der Waals surface area contributed by atoms with Gasteiger partial charge in [-0.15, -0.1) is 0 Å². The van der Waals surface area contributed by atoms with E-state index in [9.17, 15) is 24.3 Å². The number of nitrogens with one attached hydrogen (secondary N) is 3. The van der Waals surface area contributed by atoms with E-state index in [1.165, 1.54) is 0 Å². The van der Waals surface area contributed by atoms with Gasteiger partial charge in [0.05, 0.1) is 0 Å². The van der Waals surface area contributed by atoms with E-state index in [4.69, 9.17) is 15.2 Å². The third-order valence-electron chi connectivity index (χ3n) is 7.92. The molecule has 46 heavy (non-hydrogen) atoms. The molecule has 0 radical (unpaired) electrons. The normalized spacial score (nSPS) is 13.1. The first kappa shape index (κ1) is 34.0. The lowest BCUT2D eigenvalue weighted by Crippen LogP contribution is -2.51. The maximum absolute atomic E-state index is 13.2. The maximum atomic E-state index is 13.2. The molecular weight excluding hydrogens is 588 g/mol. The summed E-state index contributed by atoms with van der Waals surface area (Å²) < 4.78 is 10.9. The average molecular weight is 631 g/mol. The quantitative estimate of drug-likeness (QED) is 0.134. The molecule has 0 unspecified atom stereocenters. The van der Waals surface area contributed by atoms with Gasteiger partial charge in [-0.05, 0) is 72.9 Å². The third-order valence-corrected chi connectivity index (χ3v) is 7.92. The number of benzene rings is 3.